The maximum absolute atomic E-state index is 11.6. The predicted octanol–water partition coefficient (Wildman–Crippen LogP) is 2.30. The standard InChI is InChI=1S/C14H17O3/c1-14(2,3)13(16)17-12(10-15)9-11-7-5-4-6-8-11/h4-8,12H,9H2,1-3H3. The van der Waals surface area contributed by atoms with Crippen molar-refractivity contribution in [2.24, 2.45) is 5.41 Å². The second kappa shape index (κ2) is 5.62. The predicted molar refractivity (Wildman–Crippen MR) is 65.2 cm³/mol. The van der Waals surface area contributed by atoms with E-state index in [1.54, 1.807) is 27.1 Å². The number of rotatable bonds is 4. The normalized spacial score (nSPS) is 12.9. The molecule has 0 aliphatic rings. The van der Waals surface area contributed by atoms with E-state index in [1.807, 2.05) is 30.3 Å². The molecule has 0 amide bonds. The zero-order chi connectivity index (χ0) is 12.9. The monoisotopic (exact) mass is 233 g/mol. The number of carbonyl (C=O) groups excluding carboxylic acids is 2. The number of hydrogen-bond acceptors (Lipinski definition) is 3. The van der Waals surface area contributed by atoms with Crippen LogP contribution in [0.2, 0.25) is 0 Å². The van der Waals surface area contributed by atoms with E-state index >= 15 is 0 Å². The molecule has 0 N–H and O–H groups in total. The van der Waals surface area contributed by atoms with Crippen LogP contribution in [0, 0.1) is 5.41 Å². The first-order valence-corrected chi connectivity index (χ1v) is 5.56. The summed E-state index contributed by atoms with van der Waals surface area (Å²) in [4.78, 5) is 22.4. The Morgan fingerprint density at radius 3 is 2.35 bits per heavy atom. The summed E-state index contributed by atoms with van der Waals surface area (Å²) in [6.07, 6.45) is 1.30. The van der Waals surface area contributed by atoms with Gasteiger partial charge < -0.3 is 4.74 Å². The van der Waals surface area contributed by atoms with Crippen LogP contribution in [0.3, 0.4) is 0 Å². The molecule has 0 aliphatic heterocycles. The quantitative estimate of drug-likeness (QED) is 0.749. The smallest absolute Gasteiger partial charge is 0.311 e. The van der Waals surface area contributed by atoms with E-state index < -0.39 is 11.5 Å². The van der Waals surface area contributed by atoms with Crippen LogP contribution < -0.4 is 0 Å². The van der Waals surface area contributed by atoms with Gasteiger partial charge in [0.1, 0.15) is 0 Å². The van der Waals surface area contributed by atoms with Crippen LogP contribution in [-0.2, 0) is 20.7 Å². The third-order valence-electron chi connectivity index (χ3n) is 2.26. The first-order chi connectivity index (χ1) is 7.93. The van der Waals surface area contributed by atoms with Gasteiger partial charge in [-0.3, -0.25) is 9.59 Å². The first kappa shape index (κ1) is 13.4. The van der Waals surface area contributed by atoms with Crippen molar-refractivity contribution in [3.8, 4) is 0 Å². The molecular formula is C14H17O3. The molecule has 91 valence electrons. The summed E-state index contributed by atoms with van der Waals surface area (Å²) in [7, 11) is 0. The van der Waals surface area contributed by atoms with Gasteiger partial charge in [-0.15, -0.1) is 0 Å². The summed E-state index contributed by atoms with van der Waals surface area (Å²) in [6, 6.07) is 9.42. The highest BCUT2D eigenvalue weighted by atomic mass is 16.5. The molecule has 1 rings (SSSR count). The highest BCUT2D eigenvalue weighted by molar-refractivity contribution is 5.77. The van der Waals surface area contributed by atoms with Gasteiger partial charge in [0.05, 0.1) is 5.41 Å². The molecule has 1 atom stereocenters. The fourth-order valence-corrected chi connectivity index (χ4v) is 1.24. The Labute approximate surface area is 102 Å². The summed E-state index contributed by atoms with van der Waals surface area (Å²) in [5.41, 5.74) is 0.341. The molecule has 0 aliphatic carbocycles. The van der Waals surface area contributed by atoms with Gasteiger partial charge >= 0.3 is 5.97 Å². The molecule has 1 aromatic carbocycles. The Morgan fingerprint density at radius 2 is 1.88 bits per heavy atom. The van der Waals surface area contributed by atoms with Crippen molar-refractivity contribution in [3.63, 3.8) is 0 Å². The van der Waals surface area contributed by atoms with Crippen LogP contribution in [0.5, 0.6) is 0 Å². The van der Waals surface area contributed by atoms with Crippen molar-refractivity contribution in [1.82, 2.24) is 0 Å². The lowest BCUT2D eigenvalue weighted by Gasteiger charge is -2.19. The summed E-state index contributed by atoms with van der Waals surface area (Å²) >= 11 is 0. The van der Waals surface area contributed by atoms with E-state index in [4.69, 9.17) is 4.74 Å². The van der Waals surface area contributed by atoms with E-state index in [0.717, 1.165) is 5.56 Å². The molecule has 0 fully saturated rings. The first-order valence-electron chi connectivity index (χ1n) is 5.56. The van der Waals surface area contributed by atoms with E-state index in [2.05, 4.69) is 0 Å². The van der Waals surface area contributed by atoms with E-state index in [-0.39, 0.29) is 5.97 Å². The van der Waals surface area contributed by atoms with Crippen molar-refractivity contribution in [3.05, 3.63) is 35.9 Å². The Morgan fingerprint density at radius 1 is 1.29 bits per heavy atom. The summed E-state index contributed by atoms with van der Waals surface area (Å²) in [5, 5.41) is 0. The van der Waals surface area contributed by atoms with Gasteiger partial charge in [-0.25, -0.2) is 0 Å². The van der Waals surface area contributed by atoms with Crippen LogP contribution >= 0.6 is 0 Å². The largest absolute Gasteiger partial charge is 0.453 e. The summed E-state index contributed by atoms with van der Waals surface area (Å²) in [5.74, 6) is -0.387. The van der Waals surface area contributed by atoms with Crippen molar-refractivity contribution < 1.29 is 14.3 Å². The Kier molecular flexibility index (Phi) is 4.44. The second-order valence-electron chi connectivity index (χ2n) is 4.95. The topological polar surface area (TPSA) is 43.4 Å². The minimum absolute atomic E-state index is 0.367. The molecule has 0 bridgehead atoms. The maximum atomic E-state index is 11.6. The highest BCUT2D eigenvalue weighted by Crippen LogP contribution is 2.17. The SMILES string of the molecule is CC(C)(C)C(=O)OC([C]=O)Cc1ccccc1. The van der Waals surface area contributed by atoms with E-state index in [0.29, 0.717) is 6.42 Å². The zero-order valence-electron chi connectivity index (χ0n) is 10.4. The molecule has 0 saturated carbocycles. The van der Waals surface area contributed by atoms with Crippen LogP contribution in [0.4, 0.5) is 0 Å². The average molecular weight is 233 g/mol. The van der Waals surface area contributed by atoms with Gasteiger partial charge in [0, 0.05) is 6.42 Å². The number of ether oxygens (including phenoxy) is 1. The van der Waals surface area contributed by atoms with Crippen LogP contribution in [0.25, 0.3) is 0 Å². The fraction of sp³-hybridized carbons (Fsp3) is 0.429. The number of carbonyl (C=O) groups is 1. The van der Waals surface area contributed by atoms with Gasteiger partial charge in [0.15, 0.2) is 6.10 Å². The summed E-state index contributed by atoms with van der Waals surface area (Å²) in [6.45, 7) is 5.25. The molecule has 0 spiro atoms. The van der Waals surface area contributed by atoms with Gasteiger partial charge in [0.25, 0.3) is 0 Å². The maximum Gasteiger partial charge on any atom is 0.311 e. The Balaban J connectivity index is 2.62. The third kappa shape index (κ3) is 4.39. The molecule has 3 heteroatoms. The third-order valence-corrected chi connectivity index (χ3v) is 2.26. The molecule has 1 radical (unpaired) electrons. The molecular weight excluding hydrogens is 216 g/mol. The zero-order valence-corrected chi connectivity index (χ0v) is 10.4. The second-order valence-corrected chi connectivity index (χ2v) is 4.95. The van der Waals surface area contributed by atoms with Gasteiger partial charge in [-0.2, -0.15) is 0 Å². The fourth-order valence-electron chi connectivity index (χ4n) is 1.24. The minimum atomic E-state index is -0.830. The number of hydrogen-bond donors (Lipinski definition) is 0. The van der Waals surface area contributed by atoms with Gasteiger partial charge in [-0.05, 0) is 26.3 Å². The minimum Gasteiger partial charge on any atom is -0.453 e. The molecule has 17 heavy (non-hydrogen) atoms. The average Bonchev–Trinajstić information content (AvgIpc) is 2.28. The molecule has 3 nitrogen and oxygen atoms in total. The molecule has 0 heterocycles. The van der Waals surface area contributed by atoms with E-state index in [1.165, 1.54) is 0 Å². The van der Waals surface area contributed by atoms with Crippen molar-refractivity contribution in [2.45, 2.75) is 33.3 Å². The van der Waals surface area contributed by atoms with Crippen LogP contribution in [0.15, 0.2) is 30.3 Å². The van der Waals surface area contributed by atoms with Gasteiger partial charge in [0.2, 0.25) is 6.29 Å². The Hall–Kier alpha value is -1.64. The van der Waals surface area contributed by atoms with Crippen molar-refractivity contribution in [1.29, 1.82) is 0 Å². The van der Waals surface area contributed by atoms with Crippen molar-refractivity contribution >= 4 is 12.3 Å². The lowest BCUT2D eigenvalue weighted by molar-refractivity contribution is -0.155. The van der Waals surface area contributed by atoms with Crippen molar-refractivity contribution in [2.75, 3.05) is 0 Å². The Bertz CT molecular complexity index is 376. The number of esters is 1. The highest BCUT2D eigenvalue weighted by Gasteiger charge is 2.26. The van der Waals surface area contributed by atoms with Crippen LogP contribution in [-0.4, -0.2) is 18.4 Å². The molecule has 0 saturated heterocycles. The number of benzene rings is 1. The lowest BCUT2D eigenvalue weighted by atomic mass is 9.97. The van der Waals surface area contributed by atoms with Gasteiger partial charge in [-0.1, -0.05) is 30.3 Å². The van der Waals surface area contributed by atoms with E-state index in [9.17, 15) is 9.59 Å². The molecule has 1 unspecified atom stereocenters. The van der Waals surface area contributed by atoms with Crippen LogP contribution in [0.1, 0.15) is 26.3 Å². The molecule has 1 aromatic rings. The molecule has 0 aromatic heterocycles. The summed E-state index contributed by atoms with van der Waals surface area (Å²) < 4.78 is 5.11. The lowest BCUT2D eigenvalue weighted by Crippen LogP contribution is -2.30.